The minimum Gasteiger partial charge on any atom is -0.342 e. The van der Waals surface area contributed by atoms with E-state index in [-0.39, 0.29) is 11.9 Å². The summed E-state index contributed by atoms with van der Waals surface area (Å²) in [6, 6.07) is 6.58. The van der Waals surface area contributed by atoms with E-state index >= 15 is 0 Å². The summed E-state index contributed by atoms with van der Waals surface area (Å²) in [6.45, 7) is 5.80. The Morgan fingerprint density at radius 3 is 2.75 bits per heavy atom. The van der Waals surface area contributed by atoms with E-state index < -0.39 is 0 Å². The van der Waals surface area contributed by atoms with Crippen molar-refractivity contribution in [3.8, 4) is 0 Å². The van der Waals surface area contributed by atoms with Crippen molar-refractivity contribution in [1.82, 2.24) is 30.6 Å². The summed E-state index contributed by atoms with van der Waals surface area (Å²) in [5.41, 5.74) is 10.1. The molecule has 0 aliphatic carbocycles. The highest BCUT2D eigenvalue weighted by molar-refractivity contribution is 5.83. The molecule has 1 aromatic heterocycles. The zero-order valence-corrected chi connectivity index (χ0v) is 16.7. The number of benzene rings is 1. The number of rotatable bonds is 2. The molecule has 3 fully saturated rings. The first kappa shape index (κ1) is 18.1. The Balaban J connectivity index is 1.24. The van der Waals surface area contributed by atoms with Gasteiger partial charge in [0, 0.05) is 37.5 Å². The van der Waals surface area contributed by atoms with Crippen LogP contribution >= 0.6 is 0 Å². The third-order valence-corrected chi connectivity index (χ3v) is 6.91. The molecule has 5 rings (SSSR count). The number of carbonyl (C=O) groups is 1. The van der Waals surface area contributed by atoms with E-state index in [0.29, 0.717) is 17.9 Å². The monoisotopic (exact) mass is 382 g/mol. The zero-order chi connectivity index (χ0) is 19.3. The molecule has 3 aliphatic heterocycles. The van der Waals surface area contributed by atoms with Crippen LogP contribution in [-0.2, 0) is 4.79 Å². The standard InChI is InChI=1S/C21H30N6O/c1-13-4-3-5-17-18(13)23-20(22-17)14-6-10-27(11-7-14)21(28)19-15-12-26(2)9-8-16(15)24-25-19/h3-5,14-16,19,24-25H,6-12H2,1-2H3,(H,22,23). The number of likely N-dealkylation sites (tertiary alicyclic amines) is 2. The first-order valence-corrected chi connectivity index (χ1v) is 10.5. The van der Waals surface area contributed by atoms with Gasteiger partial charge in [-0.25, -0.2) is 10.4 Å². The molecule has 28 heavy (non-hydrogen) atoms. The molecule has 3 atom stereocenters. The SMILES string of the molecule is Cc1cccc2[nH]c(C3CCN(C(=O)C4NNC5CCN(C)CC54)CC3)nc12. The molecule has 1 amide bonds. The fraction of sp³-hybridized carbons (Fsp3) is 0.619. The van der Waals surface area contributed by atoms with Gasteiger partial charge in [-0.15, -0.1) is 0 Å². The van der Waals surface area contributed by atoms with Crippen LogP contribution in [0.25, 0.3) is 11.0 Å². The number of fused-ring (bicyclic) bond motifs is 2. The van der Waals surface area contributed by atoms with Crippen LogP contribution in [0.4, 0.5) is 0 Å². The Morgan fingerprint density at radius 1 is 1.14 bits per heavy atom. The fourth-order valence-electron chi connectivity index (χ4n) is 5.18. The lowest BCUT2D eigenvalue weighted by Crippen LogP contribution is -2.52. The Hall–Kier alpha value is -1.96. The van der Waals surface area contributed by atoms with E-state index in [9.17, 15) is 4.79 Å². The van der Waals surface area contributed by atoms with Gasteiger partial charge in [-0.3, -0.25) is 10.2 Å². The number of amides is 1. The molecule has 0 spiro atoms. The second kappa shape index (κ2) is 7.13. The van der Waals surface area contributed by atoms with E-state index in [1.54, 1.807) is 0 Å². The van der Waals surface area contributed by atoms with Crippen molar-refractivity contribution in [3.63, 3.8) is 0 Å². The van der Waals surface area contributed by atoms with Gasteiger partial charge in [0.1, 0.15) is 11.9 Å². The summed E-state index contributed by atoms with van der Waals surface area (Å²) >= 11 is 0. The Kier molecular flexibility index (Phi) is 4.61. The fourth-order valence-corrected chi connectivity index (χ4v) is 5.18. The number of carbonyl (C=O) groups excluding carboxylic acids is 1. The highest BCUT2D eigenvalue weighted by Crippen LogP contribution is 2.30. The van der Waals surface area contributed by atoms with Gasteiger partial charge in [0.2, 0.25) is 5.91 Å². The largest absolute Gasteiger partial charge is 0.342 e. The summed E-state index contributed by atoms with van der Waals surface area (Å²) in [5.74, 6) is 2.10. The number of aryl methyl sites for hydroxylation is 1. The summed E-state index contributed by atoms with van der Waals surface area (Å²) < 4.78 is 0. The van der Waals surface area contributed by atoms with Crippen molar-refractivity contribution in [2.45, 2.75) is 44.2 Å². The number of hydrogen-bond donors (Lipinski definition) is 3. The van der Waals surface area contributed by atoms with E-state index in [0.717, 1.165) is 62.3 Å². The van der Waals surface area contributed by atoms with Gasteiger partial charge in [-0.05, 0) is 51.4 Å². The van der Waals surface area contributed by atoms with Crippen molar-refractivity contribution in [2.75, 3.05) is 33.2 Å². The number of para-hydroxylation sites is 1. The number of hydrazine groups is 1. The van der Waals surface area contributed by atoms with E-state index in [2.05, 4.69) is 57.8 Å². The van der Waals surface area contributed by atoms with Crippen LogP contribution in [0.1, 0.15) is 36.6 Å². The van der Waals surface area contributed by atoms with Crippen molar-refractivity contribution < 1.29 is 4.79 Å². The van der Waals surface area contributed by atoms with Crippen LogP contribution in [0, 0.1) is 12.8 Å². The van der Waals surface area contributed by atoms with Crippen LogP contribution in [0.15, 0.2) is 18.2 Å². The topological polar surface area (TPSA) is 76.3 Å². The lowest BCUT2D eigenvalue weighted by Gasteiger charge is -2.36. The van der Waals surface area contributed by atoms with E-state index in [1.807, 2.05) is 0 Å². The lowest BCUT2D eigenvalue weighted by atomic mass is 9.87. The third kappa shape index (κ3) is 3.11. The Labute approximate surface area is 165 Å². The number of H-pyrrole nitrogens is 1. The molecule has 3 saturated heterocycles. The van der Waals surface area contributed by atoms with Crippen LogP contribution in [0.5, 0.6) is 0 Å². The van der Waals surface area contributed by atoms with Crippen LogP contribution in [0.3, 0.4) is 0 Å². The molecule has 1 aromatic carbocycles. The Morgan fingerprint density at radius 2 is 1.96 bits per heavy atom. The summed E-state index contributed by atoms with van der Waals surface area (Å²) in [5, 5.41) is 0. The maximum atomic E-state index is 13.2. The molecule has 150 valence electrons. The average molecular weight is 383 g/mol. The van der Waals surface area contributed by atoms with E-state index in [4.69, 9.17) is 4.98 Å². The highest BCUT2D eigenvalue weighted by atomic mass is 16.2. The normalized spacial score (nSPS) is 29.4. The predicted octanol–water partition coefficient (Wildman–Crippen LogP) is 1.37. The zero-order valence-electron chi connectivity index (χ0n) is 16.7. The molecular weight excluding hydrogens is 352 g/mol. The molecule has 7 nitrogen and oxygen atoms in total. The molecule has 2 aromatic rings. The number of imidazole rings is 1. The minimum absolute atomic E-state index is 0.0989. The van der Waals surface area contributed by atoms with Crippen LogP contribution in [0.2, 0.25) is 0 Å². The summed E-state index contributed by atoms with van der Waals surface area (Å²) in [4.78, 5) is 25.9. The lowest BCUT2D eigenvalue weighted by molar-refractivity contribution is -0.135. The van der Waals surface area contributed by atoms with Gasteiger partial charge in [0.05, 0.1) is 11.0 Å². The van der Waals surface area contributed by atoms with Crippen molar-refractivity contribution in [3.05, 3.63) is 29.6 Å². The molecular formula is C21H30N6O. The van der Waals surface area contributed by atoms with Crippen LogP contribution < -0.4 is 10.9 Å². The van der Waals surface area contributed by atoms with Crippen molar-refractivity contribution in [2.24, 2.45) is 5.92 Å². The smallest absolute Gasteiger partial charge is 0.241 e. The summed E-state index contributed by atoms with van der Waals surface area (Å²) in [7, 11) is 2.15. The first-order valence-electron chi connectivity index (χ1n) is 10.5. The number of aromatic nitrogens is 2. The van der Waals surface area contributed by atoms with Crippen molar-refractivity contribution in [1.29, 1.82) is 0 Å². The predicted molar refractivity (Wildman–Crippen MR) is 109 cm³/mol. The first-order chi connectivity index (χ1) is 13.6. The Bertz CT molecular complexity index is 871. The number of piperidine rings is 2. The van der Waals surface area contributed by atoms with Gasteiger partial charge in [0.25, 0.3) is 0 Å². The third-order valence-electron chi connectivity index (χ3n) is 6.91. The molecule has 3 unspecified atom stereocenters. The number of aromatic amines is 1. The quantitative estimate of drug-likeness (QED) is 0.732. The maximum absolute atomic E-state index is 13.2. The molecule has 7 heteroatoms. The molecule has 0 bridgehead atoms. The second-order valence-electron chi connectivity index (χ2n) is 8.78. The van der Waals surface area contributed by atoms with Gasteiger partial charge in [-0.1, -0.05) is 12.1 Å². The number of nitrogens with one attached hydrogen (secondary N) is 3. The number of nitrogens with zero attached hydrogens (tertiary/aromatic N) is 3. The average Bonchev–Trinajstić information content (AvgIpc) is 3.32. The van der Waals surface area contributed by atoms with Crippen molar-refractivity contribution >= 4 is 16.9 Å². The van der Waals surface area contributed by atoms with Gasteiger partial charge < -0.3 is 14.8 Å². The summed E-state index contributed by atoms with van der Waals surface area (Å²) in [6.07, 6.45) is 3.04. The molecule has 0 saturated carbocycles. The highest BCUT2D eigenvalue weighted by Gasteiger charge is 2.44. The second-order valence-corrected chi connectivity index (χ2v) is 8.78. The minimum atomic E-state index is -0.0989. The van der Waals surface area contributed by atoms with Gasteiger partial charge >= 0.3 is 0 Å². The molecule has 0 radical (unpaired) electrons. The molecule has 3 N–H and O–H groups in total. The maximum Gasteiger partial charge on any atom is 0.241 e. The van der Waals surface area contributed by atoms with Gasteiger partial charge in [-0.2, -0.15) is 0 Å². The van der Waals surface area contributed by atoms with E-state index in [1.165, 1.54) is 5.56 Å². The molecule has 3 aliphatic rings. The molecule has 4 heterocycles. The van der Waals surface area contributed by atoms with Crippen LogP contribution in [-0.4, -0.2) is 71.0 Å². The number of hydrogen-bond acceptors (Lipinski definition) is 5. The van der Waals surface area contributed by atoms with Gasteiger partial charge in [0.15, 0.2) is 0 Å².